The highest BCUT2D eigenvalue weighted by Gasteiger charge is 2.17. The number of carbonyl (C=O) groups excluding carboxylic acids is 2. The Hall–Kier alpha value is -0.720. The van der Waals surface area contributed by atoms with Gasteiger partial charge in [-0.1, -0.05) is 6.92 Å². The Morgan fingerprint density at radius 2 is 2.17 bits per heavy atom. The van der Waals surface area contributed by atoms with Gasteiger partial charge in [-0.3, -0.25) is 14.5 Å². The van der Waals surface area contributed by atoms with Gasteiger partial charge in [-0.05, 0) is 40.3 Å². The summed E-state index contributed by atoms with van der Waals surface area (Å²) in [6, 6.07) is 1.86. The van der Waals surface area contributed by atoms with Gasteiger partial charge in [0.15, 0.2) is 5.78 Å². The second kappa shape index (κ2) is 7.66. The van der Waals surface area contributed by atoms with Gasteiger partial charge in [0.1, 0.15) is 0 Å². The van der Waals surface area contributed by atoms with Gasteiger partial charge in [-0.15, -0.1) is 11.3 Å². The Morgan fingerprint density at radius 1 is 1.44 bits per heavy atom. The predicted octanol–water partition coefficient (Wildman–Crippen LogP) is 2.15. The minimum atomic E-state index is -0.0681. The molecule has 18 heavy (non-hydrogen) atoms. The van der Waals surface area contributed by atoms with Crippen molar-refractivity contribution >= 4 is 39.0 Å². The summed E-state index contributed by atoms with van der Waals surface area (Å²) < 4.78 is 0.828. The van der Waals surface area contributed by atoms with Crippen LogP contribution in [0.25, 0.3) is 0 Å². The van der Waals surface area contributed by atoms with E-state index in [9.17, 15) is 9.59 Å². The van der Waals surface area contributed by atoms with Crippen LogP contribution in [0, 0.1) is 0 Å². The average molecular weight is 333 g/mol. The molecule has 0 aromatic carbocycles. The molecule has 0 atom stereocenters. The molecule has 4 nitrogen and oxygen atoms in total. The van der Waals surface area contributed by atoms with E-state index in [0.717, 1.165) is 17.4 Å². The molecular formula is C12H17BrN2O2S. The zero-order chi connectivity index (χ0) is 13.5. The number of ketones is 1. The largest absolute Gasteiger partial charge is 0.358 e. The van der Waals surface area contributed by atoms with Gasteiger partial charge in [0.25, 0.3) is 0 Å². The molecule has 1 amide bonds. The molecule has 0 unspecified atom stereocenters. The first-order chi connectivity index (χ1) is 8.58. The fraction of sp³-hybridized carbons (Fsp3) is 0.500. The van der Waals surface area contributed by atoms with Crippen molar-refractivity contribution in [3.05, 3.63) is 20.8 Å². The minimum absolute atomic E-state index is 0.0502. The van der Waals surface area contributed by atoms with E-state index in [4.69, 9.17) is 0 Å². The summed E-state index contributed by atoms with van der Waals surface area (Å²) in [6.07, 6.45) is 0.913. The first-order valence-electron chi connectivity index (χ1n) is 5.77. The van der Waals surface area contributed by atoms with Crippen molar-refractivity contribution in [1.82, 2.24) is 10.2 Å². The minimum Gasteiger partial charge on any atom is -0.358 e. The molecule has 1 rings (SSSR count). The second-order valence-corrected chi connectivity index (χ2v) is 5.68. The van der Waals surface area contributed by atoms with Gasteiger partial charge >= 0.3 is 0 Å². The van der Waals surface area contributed by atoms with Gasteiger partial charge in [0.05, 0.1) is 18.0 Å². The summed E-state index contributed by atoms with van der Waals surface area (Å²) in [7, 11) is 1.60. The van der Waals surface area contributed by atoms with E-state index in [-0.39, 0.29) is 24.8 Å². The topological polar surface area (TPSA) is 49.4 Å². The van der Waals surface area contributed by atoms with Crippen molar-refractivity contribution in [3.8, 4) is 0 Å². The maximum absolute atomic E-state index is 12.1. The molecule has 0 bridgehead atoms. The van der Waals surface area contributed by atoms with Crippen molar-refractivity contribution in [2.24, 2.45) is 0 Å². The summed E-state index contributed by atoms with van der Waals surface area (Å²) in [5.41, 5.74) is 0. The number of halogens is 1. The summed E-state index contributed by atoms with van der Waals surface area (Å²) in [5.74, 6) is -0.0178. The van der Waals surface area contributed by atoms with Gasteiger partial charge in [-0.25, -0.2) is 0 Å². The third kappa shape index (κ3) is 4.51. The normalized spacial score (nSPS) is 10.7. The monoisotopic (exact) mass is 332 g/mol. The Labute approximate surface area is 119 Å². The van der Waals surface area contributed by atoms with Crippen LogP contribution in [-0.2, 0) is 4.79 Å². The van der Waals surface area contributed by atoms with E-state index in [0.29, 0.717) is 4.88 Å². The van der Waals surface area contributed by atoms with E-state index in [1.54, 1.807) is 7.05 Å². The third-order valence-electron chi connectivity index (χ3n) is 2.42. The molecule has 1 heterocycles. The Kier molecular flexibility index (Phi) is 6.52. The Balaban J connectivity index is 2.63. The molecule has 1 aromatic rings. The molecule has 0 aliphatic carbocycles. The van der Waals surface area contributed by atoms with Crippen LogP contribution in [0.15, 0.2) is 15.9 Å². The van der Waals surface area contributed by atoms with Gasteiger partial charge in [0, 0.05) is 11.5 Å². The number of likely N-dealkylation sites (N-methyl/N-ethyl adjacent to an activating group) is 1. The van der Waals surface area contributed by atoms with Crippen molar-refractivity contribution in [3.63, 3.8) is 0 Å². The number of Topliss-reactive ketones (excluding diaryl/α,β-unsaturated/α-hetero) is 1. The number of amides is 1. The molecule has 0 fully saturated rings. The maximum Gasteiger partial charge on any atom is 0.233 e. The van der Waals surface area contributed by atoms with Crippen LogP contribution in [0.1, 0.15) is 23.0 Å². The first-order valence-corrected chi connectivity index (χ1v) is 7.44. The Bertz CT molecular complexity index is 420. The van der Waals surface area contributed by atoms with Gasteiger partial charge < -0.3 is 5.32 Å². The third-order valence-corrected chi connectivity index (χ3v) is 4.30. The highest BCUT2D eigenvalue weighted by Crippen LogP contribution is 2.23. The zero-order valence-electron chi connectivity index (χ0n) is 10.5. The highest BCUT2D eigenvalue weighted by atomic mass is 79.9. The number of hydrogen-bond donors (Lipinski definition) is 1. The van der Waals surface area contributed by atoms with Crippen LogP contribution >= 0.6 is 27.3 Å². The van der Waals surface area contributed by atoms with Crippen LogP contribution in [0.5, 0.6) is 0 Å². The van der Waals surface area contributed by atoms with Gasteiger partial charge in [0.2, 0.25) is 5.91 Å². The predicted molar refractivity (Wildman–Crippen MR) is 77.1 cm³/mol. The summed E-state index contributed by atoms with van der Waals surface area (Å²) in [4.78, 5) is 26.0. The molecule has 1 N–H and O–H groups in total. The van der Waals surface area contributed by atoms with Crippen LogP contribution in [-0.4, -0.2) is 43.3 Å². The van der Waals surface area contributed by atoms with Crippen LogP contribution in [0.2, 0.25) is 0 Å². The fourth-order valence-corrected chi connectivity index (χ4v) is 3.11. The molecule has 0 aliphatic rings. The highest BCUT2D eigenvalue weighted by molar-refractivity contribution is 9.10. The molecular weight excluding hydrogens is 316 g/mol. The lowest BCUT2D eigenvalue weighted by Crippen LogP contribution is -2.39. The average Bonchev–Trinajstić information content (AvgIpc) is 2.75. The van der Waals surface area contributed by atoms with Crippen molar-refractivity contribution in [2.75, 3.05) is 26.7 Å². The standard InChI is InChI=1S/C12H17BrN2O2S/c1-3-5-15(8-11(17)14-2)7-10(16)12-9(13)4-6-18-12/h4,6H,3,5,7-8H2,1-2H3,(H,14,17). The van der Waals surface area contributed by atoms with E-state index in [2.05, 4.69) is 21.2 Å². The molecule has 100 valence electrons. The molecule has 0 saturated carbocycles. The van der Waals surface area contributed by atoms with E-state index >= 15 is 0 Å². The van der Waals surface area contributed by atoms with E-state index < -0.39 is 0 Å². The number of hydrogen-bond acceptors (Lipinski definition) is 4. The summed E-state index contributed by atoms with van der Waals surface area (Å²) in [5, 5.41) is 4.45. The summed E-state index contributed by atoms with van der Waals surface area (Å²) >= 11 is 4.77. The van der Waals surface area contributed by atoms with Crippen molar-refractivity contribution < 1.29 is 9.59 Å². The molecule has 0 aliphatic heterocycles. The lowest BCUT2D eigenvalue weighted by atomic mass is 10.3. The lowest BCUT2D eigenvalue weighted by molar-refractivity contribution is -0.121. The number of rotatable bonds is 7. The van der Waals surface area contributed by atoms with Crippen LogP contribution in [0.3, 0.4) is 0 Å². The molecule has 0 spiro atoms. The van der Waals surface area contributed by atoms with Gasteiger partial charge in [-0.2, -0.15) is 0 Å². The van der Waals surface area contributed by atoms with E-state index in [1.807, 2.05) is 23.3 Å². The van der Waals surface area contributed by atoms with Crippen LogP contribution in [0.4, 0.5) is 0 Å². The fourth-order valence-electron chi connectivity index (χ4n) is 1.58. The molecule has 1 aromatic heterocycles. The smallest absolute Gasteiger partial charge is 0.233 e. The van der Waals surface area contributed by atoms with E-state index in [1.165, 1.54) is 11.3 Å². The number of thiophene rings is 1. The number of nitrogens with zero attached hydrogens (tertiary/aromatic N) is 1. The zero-order valence-corrected chi connectivity index (χ0v) is 12.9. The quantitative estimate of drug-likeness (QED) is 0.778. The number of carbonyl (C=O) groups is 2. The summed E-state index contributed by atoms with van der Waals surface area (Å²) in [6.45, 7) is 3.31. The van der Waals surface area contributed by atoms with Crippen molar-refractivity contribution in [2.45, 2.75) is 13.3 Å². The molecule has 6 heteroatoms. The number of nitrogens with one attached hydrogen (secondary N) is 1. The van der Waals surface area contributed by atoms with Crippen LogP contribution < -0.4 is 5.32 Å². The Morgan fingerprint density at radius 3 is 2.67 bits per heavy atom. The maximum atomic E-state index is 12.1. The SMILES string of the molecule is CCCN(CC(=O)NC)CC(=O)c1sccc1Br. The molecule has 0 saturated heterocycles. The molecule has 0 radical (unpaired) electrons. The second-order valence-electron chi connectivity index (χ2n) is 3.90. The first kappa shape index (κ1) is 15.3. The lowest BCUT2D eigenvalue weighted by Gasteiger charge is -2.19. The van der Waals surface area contributed by atoms with Crippen molar-refractivity contribution in [1.29, 1.82) is 0 Å².